The Morgan fingerprint density at radius 3 is 2.41 bits per heavy atom. The van der Waals surface area contributed by atoms with Crippen molar-refractivity contribution in [1.82, 2.24) is 4.90 Å². The average Bonchev–Trinajstić information content (AvgIpc) is 2.69. The van der Waals surface area contributed by atoms with E-state index in [1.807, 2.05) is 42.5 Å². The van der Waals surface area contributed by atoms with Gasteiger partial charge in [0, 0.05) is 6.54 Å². The Balaban J connectivity index is 1.89. The number of para-hydroxylation sites is 2. The number of amides is 2. The minimum Gasteiger partial charge on any atom is -0.492 e. The van der Waals surface area contributed by atoms with E-state index in [0.717, 1.165) is 18.6 Å². The number of ether oxygens (including phenoxy) is 1. The molecule has 0 aliphatic rings. The van der Waals surface area contributed by atoms with Crippen LogP contribution < -0.4 is 10.1 Å². The molecule has 0 saturated heterocycles. The molecule has 27 heavy (non-hydrogen) atoms. The monoisotopic (exact) mass is 388 g/mol. The van der Waals surface area contributed by atoms with Gasteiger partial charge in [0.15, 0.2) is 0 Å². The predicted octanol–water partition coefficient (Wildman–Crippen LogP) is 6.22. The number of hydrogen-bond acceptors (Lipinski definition) is 2. The van der Waals surface area contributed by atoms with Crippen LogP contribution in [0.4, 0.5) is 10.5 Å². The van der Waals surface area contributed by atoms with E-state index >= 15 is 0 Å². The van der Waals surface area contributed by atoms with Crippen LogP contribution in [0.3, 0.4) is 0 Å². The van der Waals surface area contributed by atoms with E-state index in [2.05, 4.69) is 12.2 Å². The van der Waals surface area contributed by atoms with Crippen LogP contribution in [0.15, 0.2) is 54.6 Å². The van der Waals surface area contributed by atoms with Crippen molar-refractivity contribution in [2.45, 2.75) is 39.0 Å². The van der Waals surface area contributed by atoms with E-state index in [1.54, 1.807) is 17.0 Å². The molecule has 0 atom stereocenters. The summed E-state index contributed by atoms with van der Waals surface area (Å²) >= 11 is 6.16. The highest BCUT2D eigenvalue weighted by atomic mass is 35.5. The largest absolute Gasteiger partial charge is 0.492 e. The number of rotatable bonds is 11. The first-order chi connectivity index (χ1) is 13.2. The Morgan fingerprint density at radius 1 is 0.963 bits per heavy atom. The standard InChI is InChI=1S/C22H29ClN2O2/c1-2-3-4-5-11-16-25(17-18-27-19-12-7-6-8-13-19)22(26)24-21-15-10-9-14-20(21)23/h6-10,12-15H,2-5,11,16-18H2,1H3,(H,24,26). The Morgan fingerprint density at radius 2 is 1.67 bits per heavy atom. The molecule has 4 nitrogen and oxygen atoms in total. The summed E-state index contributed by atoms with van der Waals surface area (Å²) in [6.45, 7) is 3.89. The van der Waals surface area contributed by atoms with Gasteiger partial charge in [-0.25, -0.2) is 4.79 Å². The molecule has 0 saturated carbocycles. The molecule has 0 aliphatic heterocycles. The molecular weight excluding hydrogens is 360 g/mol. The van der Waals surface area contributed by atoms with Crippen molar-refractivity contribution in [2.24, 2.45) is 0 Å². The quantitative estimate of drug-likeness (QED) is 0.464. The van der Waals surface area contributed by atoms with Crippen LogP contribution in [0.2, 0.25) is 5.02 Å². The fourth-order valence-corrected chi connectivity index (χ4v) is 2.95. The van der Waals surface area contributed by atoms with Crippen LogP contribution in [0.5, 0.6) is 5.75 Å². The molecule has 2 rings (SSSR count). The third-order valence-corrected chi connectivity index (χ3v) is 4.64. The van der Waals surface area contributed by atoms with Gasteiger partial charge in [0.2, 0.25) is 0 Å². The van der Waals surface area contributed by atoms with Crippen LogP contribution >= 0.6 is 11.6 Å². The first-order valence-electron chi connectivity index (χ1n) is 9.69. The second-order valence-corrected chi connectivity index (χ2v) is 6.88. The third-order valence-electron chi connectivity index (χ3n) is 4.31. The molecule has 5 heteroatoms. The first-order valence-corrected chi connectivity index (χ1v) is 10.1. The zero-order valence-electron chi connectivity index (χ0n) is 16.0. The zero-order valence-corrected chi connectivity index (χ0v) is 16.8. The highest BCUT2D eigenvalue weighted by Gasteiger charge is 2.14. The van der Waals surface area contributed by atoms with Gasteiger partial charge < -0.3 is 15.0 Å². The van der Waals surface area contributed by atoms with E-state index in [4.69, 9.17) is 16.3 Å². The topological polar surface area (TPSA) is 41.6 Å². The van der Waals surface area contributed by atoms with Gasteiger partial charge in [0.1, 0.15) is 12.4 Å². The van der Waals surface area contributed by atoms with Gasteiger partial charge in [-0.3, -0.25) is 0 Å². The second kappa shape index (κ2) is 12.2. The molecule has 0 heterocycles. The van der Waals surface area contributed by atoms with Gasteiger partial charge in [-0.15, -0.1) is 0 Å². The molecule has 0 aliphatic carbocycles. The summed E-state index contributed by atoms with van der Waals surface area (Å²) in [5, 5.41) is 3.45. The predicted molar refractivity (Wildman–Crippen MR) is 113 cm³/mol. The van der Waals surface area contributed by atoms with Crippen molar-refractivity contribution in [3.8, 4) is 5.75 Å². The Bertz CT molecular complexity index is 679. The van der Waals surface area contributed by atoms with Gasteiger partial charge in [-0.1, -0.05) is 74.5 Å². The summed E-state index contributed by atoms with van der Waals surface area (Å²) in [6, 6.07) is 16.8. The van der Waals surface area contributed by atoms with Crippen LogP contribution in [0, 0.1) is 0 Å². The van der Waals surface area contributed by atoms with E-state index < -0.39 is 0 Å². The molecule has 2 aromatic rings. The molecular formula is C22H29ClN2O2. The number of halogens is 1. The van der Waals surface area contributed by atoms with Crippen LogP contribution in [-0.4, -0.2) is 30.6 Å². The number of anilines is 1. The number of nitrogens with one attached hydrogen (secondary N) is 1. The Kier molecular flexibility index (Phi) is 9.56. The number of nitrogens with zero attached hydrogens (tertiary/aromatic N) is 1. The minimum atomic E-state index is -0.143. The summed E-state index contributed by atoms with van der Waals surface area (Å²) < 4.78 is 5.76. The number of carbonyl (C=O) groups is 1. The Hall–Kier alpha value is -2.20. The molecule has 0 fully saturated rings. The summed E-state index contributed by atoms with van der Waals surface area (Å²) in [4.78, 5) is 14.5. The van der Waals surface area contributed by atoms with Gasteiger partial charge >= 0.3 is 6.03 Å². The van der Waals surface area contributed by atoms with Crippen LogP contribution in [-0.2, 0) is 0 Å². The normalized spacial score (nSPS) is 10.4. The Labute approximate surface area is 167 Å². The van der Waals surface area contributed by atoms with Crippen molar-refractivity contribution in [3.05, 3.63) is 59.6 Å². The molecule has 2 aromatic carbocycles. The van der Waals surface area contributed by atoms with E-state index in [0.29, 0.717) is 30.4 Å². The van der Waals surface area contributed by atoms with E-state index in [9.17, 15) is 4.79 Å². The lowest BCUT2D eigenvalue weighted by atomic mass is 10.1. The number of benzene rings is 2. The first kappa shape index (κ1) is 21.1. The SMILES string of the molecule is CCCCCCCN(CCOc1ccccc1)C(=O)Nc1ccccc1Cl. The van der Waals surface area contributed by atoms with Crippen molar-refractivity contribution in [2.75, 3.05) is 25.0 Å². The number of unbranched alkanes of at least 4 members (excludes halogenated alkanes) is 4. The van der Waals surface area contributed by atoms with Crippen molar-refractivity contribution in [1.29, 1.82) is 0 Å². The number of carbonyl (C=O) groups excluding carboxylic acids is 1. The lowest BCUT2D eigenvalue weighted by Crippen LogP contribution is -2.38. The molecule has 0 bridgehead atoms. The minimum absolute atomic E-state index is 0.143. The number of urea groups is 1. The molecule has 0 radical (unpaired) electrons. The van der Waals surface area contributed by atoms with Gasteiger partial charge in [0.25, 0.3) is 0 Å². The van der Waals surface area contributed by atoms with E-state index in [1.165, 1.54) is 19.3 Å². The highest BCUT2D eigenvalue weighted by Crippen LogP contribution is 2.21. The third kappa shape index (κ3) is 7.92. The molecule has 0 spiro atoms. The maximum absolute atomic E-state index is 12.7. The zero-order chi connectivity index (χ0) is 19.3. The highest BCUT2D eigenvalue weighted by molar-refractivity contribution is 6.33. The molecule has 0 aromatic heterocycles. The average molecular weight is 389 g/mol. The second-order valence-electron chi connectivity index (χ2n) is 6.47. The maximum atomic E-state index is 12.7. The van der Waals surface area contributed by atoms with Crippen molar-refractivity contribution < 1.29 is 9.53 Å². The molecule has 2 amide bonds. The lowest BCUT2D eigenvalue weighted by Gasteiger charge is -2.23. The summed E-state index contributed by atoms with van der Waals surface area (Å²) in [5.74, 6) is 0.812. The van der Waals surface area contributed by atoms with Crippen molar-refractivity contribution in [3.63, 3.8) is 0 Å². The van der Waals surface area contributed by atoms with E-state index in [-0.39, 0.29) is 6.03 Å². The summed E-state index contributed by atoms with van der Waals surface area (Å²) in [5.41, 5.74) is 0.629. The summed E-state index contributed by atoms with van der Waals surface area (Å²) in [7, 11) is 0. The molecule has 1 N–H and O–H groups in total. The fraction of sp³-hybridized carbons (Fsp3) is 0.409. The van der Waals surface area contributed by atoms with Crippen molar-refractivity contribution >= 4 is 23.3 Å². The summed E-state index contributed by atoms with van der Waals surface area (Å²) in [6.07, 6.45) is 5.77. The fourth-order valence-electron chi connectivity index (χ4n) is 2.77. The van der Waals surface area contributed by atoms with Gasteiger partial charge in [0.05, 0.1) is 17.3 Å². The van der Waals surface area contributed by atoms with Gasteiger partial charge in [-0.2, -0.15) is 0 Å². The smallest absolute Gasteiger partial charge is 0.322 e. The van der Waals surface area contributed by atoms with Crippen LogP contribution in [0.1, 0.15) is 39.0 Å². The molecule has 0 unspecified atom stereocenters. The number of hydrogen-bond donors (Lipinski definition) is 1. The van der Waals surface area contributed by atoms with Gasteiger partial charge in [-0.05, 0) is 30.7 Å². The van der Waals surface area contributed by atoms with Crippen LogP contribution in [0.25, 0.3) is 0 Å². The molecule has 146 valence electrons. The maximum Gasteiger partial charge on any atom is 0.322 e. The lowest BCUT2D eigenvalue weighted by molar-refractivity contribution is 0.193.